The van der Waals surface area contributed by atoms with Crippen molar-refractivity contribution in [1.82, 2.24) is 4.90 Å². The van der Waals surface area contributed by atoms with Crippen LogP contribution in [0.2, 0.25) is 0 Å². The molecule has 2 aromatic carbocycles. The number of ether oxygens (including phenoxy) is 1. The third kappa shape index (κ3) is 3.78. The van der Waals surface area contributed by atoms with E-state index >= 15 is 0 Å². The fourth-order valence-corrected chi connectivity index (χ4v) is 3.80. The van der Waals surface area contributed by atoms with Crippen molar-refractivity contribution in [1.29, 1.82) is 0 Å². The molecule has 3 nitrogen and oxygen atoms in total. The Morgan fingerprint density at radius 3 is 2.72 bits per heavy atom. The van der Waals surface area contributed by atoms with Gasteiger partial charge in [0.25, 0.3) is 0 Å². The monoisotopic (exact) mass is 335 g/mol. The first kappa shape index (κ1) is 16.4. The van der Waals surface area contributed by atoms with Gasteiger partial charge < -0.3 is 9.84 Å². The Kier molecular flexibility index (Phi) is 4.86. The molecule has 1 N–H and O–H groups in total. The Hall–Kier alpha value is -2.10. The van der Waals surface area contributed by atoms with Crippen LogP contribution in [-0.2, 0) is 17.6 Å². The lowest BCUT2D eigenvalue weighted by molar-refractivity contribution is 0.0375. The minimum atomic E-state index is 0.368. The number of nitrogens with zero attached hydrogens (tertiary/aromatic N) is 1. The van der Waals surface area contributed by atoms with E-state index in [-0.39, 0.29) is 0 Å². The Morgan fingerprint density at radius 1 is 1.04 bits per heavy atom. The lowest BCUT2D eigenvalue weighted by Crippen LogP contribution is -2.36. The topological polar surface area (TPSA) is 32.7 Å². The fraction of sp³-hybridized carbons (Fsp3) is 0.364. The summed E-state index contributed by atoms with van der Waals surface area (Å²) in [5, 5.41) is 10.1. The van der Waals surface area contributed by atoms with Crippen LogP contribution in [0, 0.1) is 0 Å². The van der Waals surface area contributed by atoms with E-state index < -0.39 is 0 Å². The molecule has 0 radical (unpaired) electrons. The largest absolute Gasteiger partial charge is 0.507 e. The van der Waals surface area contributed by atoms with E-state index in [1.807, 2.05) is 18.2 Å². The maximum Gasteiger partial charge on any atom is 0.123 e. The quantitative estimate of drug-likeness (QED) is 0.903. The van der Waals surface area contributed by atoms with Gasteiger partial charge in [0, 0.05) is 18.7 Å². The highest BCUT2D eigenvalue weighted by Crippen LogP contribution is 2.35. The summed E-state index contributed by atoms with van der Waals surface area (Å²) in [5.41, 5.74) is 6.24. The van der Waals surface area contributed by atoms with Crippen molar-refractivity contribution in [2.24, 2.45) is 0 Å². The second-order valence-corrected chi connectivity index (χ2v) is 6.95. The first-order chi connectivity index (χ1) is 12.3. The van der Waals surface area contributed by atoms with E-state index in [1.54, 1.807) is 6.07 Å². The molecule has 3 heteroatoms. The summed E-state index contributed by atoms with van der Waals surface area (Å²) in [6.07, 6.45) is 5.43. The van der Waals surface area contributed by atoms with Gasteiger partial charge in [0.05, 0.1) is 13.2 Å². The number of allylic oxidation sites excluding steroid dienone is 1. The molecule has 0 amide bonds. The highest BCUT2D eigenvalue weighted by Gasteiger charge is 2.17. The van der Waals surface area contributed by atoms with Crippen molar-refractivity contribution >= 4 is 11.6 Å². The summed E-state index contributed by atoms with van der Waals surface area (Å²) >= 11 is 0. The molecular formula is C22H25NO2. The number of morpholine rings is 1. The van der Waals surface area contributed by atoms with E-state index in [0.29, 0.717) is 5.75 Å². The van der Waals surface area contributed by atoms with Crippen LogP contribution >= 0.6 is 0 Å². The molecule has 4 rings (SSSR count). The molecule has 1 aliphatic carbocycles. The number of rotatable bonds is 5. The summed E-state index contributed by atoms with van der Waals surface area (Å²) in [6.45, 7) is 5.04. The van der Waals surface area contributed by atoms with Gasteiger partial charge >= 0.3 is 0 Å². The predicted molar refractivity (Wildman–Crippen MR) is 102 cm³/mol. The molecule has 2 aliphatic rings. The third-order valence-corrected chi connectivity index (χ3v) is 5.21. The van der Waals surface area contributed by atoms with Gasteiger partial charge in [-0.1, -0.05) is 42.5 Å². The van der Waals surface area contributed by atoms with Gasteiger partial charge in [-0.15, -0.1) is 0 Å². The van der Waals surface area contributed by atoms with Crippen LogP contribution in [0.4, 0.5) is 0 Å². The van der Waals surface area contributed by atoms with Crippen LogP contribution in [0.5, 0.6) is 5.75 Å². The number of aromatic hydroxyl groups is 1. The average molecular weight is 335 g/mol. The molecule has 0 spiro atoms. The molecule has 0 bridgehead atoms. The van der Waals surface area contributed by atoms with Gasteiger partial charge in [0.2, 0.25) is 0 Å². The SMILES string of the molecule is Oc1ccccc1C1=Cc2ccc(CCCN3CCOCC3)cc2C1. The van der Waals surface area contributed by atoms with Crippen molar-refractivity contribution in [2.45, 2.75) is 19.3 Å². The zero-order valence-corrected chi connectivity index (χ0v) is 14.6. The summed E-state index contributed by atoms with van der Waals surface area (Å²) < 4.78 is 5.40. The van der Waals surface area contributed by atoms with Gasteiger partial charge in [0.15, 0.2) is 0 Å². The molecule has 130 valence electrons. The Morgan fingerprint density at radius 2 is 1.88 bits per heavy atom. The number of benzene rings is 2. The van der Waals surface area contributed by atoms with Crippen LogP contribution in [0.25, 0.3) is 11.6 Å². The van der Waals surface area contributed by atoms with Crippen molar-refractivity contribution < 1.29 is 9.84 Å². The van der Waals surface area contributed by atoms with Crippen molar-refractivity contribution in [2.75, 3.05) is 32.8 Å². The number of hydrogen-bond donors (Lipinski definition) is 1. The normalized spacial score (nSPS) is 17.4. The molecule has 0 aromatic heterocycles. The van der Waals surface area contributed by atoms with Crippen molar-refractivity contribution in [3.63, 3.8) is 0 Å². The lowest BCUT2D eigenvalue weighted by Gasteiger charge is -2.26. The van der Waals surface area contributed by atoms with Crippen LogP contribution in [0.1, 0.15) is 28.7 Å². The second kappa shape index (κ2) is 7.42. The molecule has 1 aliphatic heterocycles. The molecule has 1 fully saturated rings. The fourth-order valence-electron chi connectivity index (χ4n) is 3.80. The van der Waals surface area contributed by atoms with Crippen molar-refractivity contribution in [3.8, 4) is 5.75 Å². The summed E-state index contributed by atoms with van der Waals surface area (Å²) in [5.74, 6) is 0.368. The highest BCUT2D eigenvalue weighted by molar-refractivity contribution is 5.90. The zero-order valence-electron chi connectivity index (χ0n) is 14.6. The lowest BCUT2D eigenvalue weighted by atomic mass is 10.0. The van der Waals surface area contributed by atoms with Crippen LogP contribution in [0.15, 0.2) is 42.5 Å². The van der Waals surface area contributed by atoms with Crippen LogP contribution in [-0.4, -0.2) is 42.9 Å². The Labute approximate surface area is 149 Å². The number of aryl methyl sites for hydroxylation is 1. The van der Waals surface area contributed by atoms with E-state index in [1.165, 1.54) is 28.7 Å². The van der Waals surface area contributed by atoms with E-state index in [9.17, 15) is 5.11 Å². The molecule has 25 heavy (non-hydrogen) atoms. The average Bonchev–Trinajstić information content (AvgIpc) is 3.06. The molecule has 0 unspecified atom stereocenters. The van der Waals surface area contributed by atoms with Crippen LogP contribution in [0.3, 0.4) is 0 Å². The minimum Gasteiger partial charge on any atom is -0.507 e. The molecule has 0 saturated carbocycles. The summed E-state index contributed by atoms with van der Waals surface area (Å²) in [4.78, 5) is 2.49. The second-order valence-electron chi connectivity index (χ2n) is 6.95. The molecule has 1 heterocycles. The number of para-hydroxylation sites is 1. The highest BCUT2D eigenvalue weighted by atomic mass is 16.5. The van der Waals surface area contributed by atoms with Gasteiger partial charge in [-0.3, -0.25) is 4.90 Å². The van der Waals surface area contributed by atoms with E-state index in [4.69, 9.17) is 4.74 Å². The number of phenols is 1. The summed E-state index contributed by atoms with van der Waals surface area (Å²) in [7, 11) is 0. The number of phenolic OH excluding ortho intramolecular Hbond substituents is 1. The molecule has 0 atom stereocenters. The molecule has 1 saturated heterocycles. The van der Waals surface area contributed by atoms with Crippen molar-refractivity contribution in [3.05, 3.63) is 64.7 Å². The van der Waals surface area contributed by atoms with Gasteiger partial charge in [0.1, 0.15) is 5.75 Å². The predicted octanol–water partition coefficient (Wildman–Crippen LogP) is 3.75. The maximum absolute atomic E-state index is 10.1. The van der Waals surface area contributed by atoms with Gasteiger partial charge in [-0.25, -0.2) is 0 Å². The Bertz CT molecular complexity index is 775. The maximum atomic E-state index is 10.1. The third-order valence-electron chi connectivity index (χ3n) is 5.21. The van der Waals surface area contributed by atoms with E-state index in [0.717, 1.165) is 51.3 Å². The first-order valence-electron chi connectivity index (χ1n) is 9.20. The number of fused-ring (bicyclic) bond motifs is 1. The van der Waals surface area contributed by atoms with Gasteiger partial charge in [-0.2, -0.15) is 0 Å². The molecular weight excluding hydrogens is 310 g/mol. The Balaban J connectivity index is 1.38. The zero-order chi connectivity index (χ0) is 17.1. The van der Waals surface area contributed by atoms with Gasteiger partial charge in [-0.05, 0) is 54.1 Å². The smallest absolute Gasteiger partial charge is 0.123 e. The van der Waals surface area contributed by atoms with E-state index in [2.05, 4.69) is 29.2 Å². The molecule has 2 aromatic rings. The number of hydrogen-bond acceptors (Lipinski definition) is 3. The standard InChI is InChI=1S/C22H25NO2/c24-22-6-2-1-5-21(22)20-15-18-8-7-17(14-19(18)16-20)4-3-9-23-10-12-25-13-11-23/h1-2,5-8,14-15,24H,3-4,9-13,16H2. The minimum absolute atomic E-state index is 0.368. The first-order valence-corrected chi connectivity index (χ1v) is 9.20. The summed E-state index contributed by atoms with van der Waals surface area (Å²) in [6, 6.07) is 14.4. The van der Waals surface area contributed by atoms with Crippen LogP contribution < -0.4 is 0 Å².